The zero-order valence-electron chi connectivity index (χ0n) is 8.87. The zero-order valence-corrected chi connectivity index (χ0v) is 10.4. The minimum atomic E-state index is -0.420. The van der Waals surface area contributed by atoms with E-state index < -0.39 is 6.10 Å². The molecule has 1 rings (SSSR count). The first-order valence-corrected chi connectivity index (χ1v) is 5.51. The molecule has 1 unspecified atom stereocenters. The van der Waals surface area contributed by atoms with Crippen molar-refractivity contribution in [3.63, 3.8) is 0 Å². The first-order chi connectivity index (χ1) is 6.99. The van der Waals surface area contributed by atoms with Crippen molar-refractivity contribution >= 4 is 23.2 Å². The van der Waals surface area contributed by atoms with Crippen molar-refractivity contribution < 1.29 is 5.11 Å². The van der Waals surface area contributed by atoms with E-state index in [2.05, 4.69) is 0 Å². The Bertz CT molecular complexity index is 328. The highest BCUT2D eigenvalue weighted by molar-refractivity contribution is 6.33. The van der Waals surface area contributed by atoms with Crippen LogP contribution in [0.2, 0.25) is 10.0 Å². The van der Waals surface area contributed by atoms with Gasteiger partial charge in [0, 0.05) is 23.0 Å². The van der Waals surface area contributed by atoms with E-state index in [0.717, 1.165) is 5.56 Å². The number of likely N-dealkylation sites (N-methyl/N-ethyl adjacent to an activating group) is 1. The molecule has 0 aliphatic heterocycles. The standard InChI is InChI=1S/C11H15Cl2NO/c1-14(2)7-10(15)6-8-5-9(12)3-4-11(8)13/h3-5,10,15H,6-7H2,1-2H3. The lowest BCUT2D eigenvalue weighted by molar-refractivity contribution is 0.137. The van der Waals surface area contributed by atoms with Gasteiger partial charge in [0.2, 0.25) is 0 Å². The number of aliphatic hydroxyl groups is 1. The summed E-state index contributed by atoms with van der Waals surface area (Å²) in [6.45, 7) is 0.614. The number of hydrogen-bond donors (Lipinski definition) is 1. The number of hydrogen-bond acceptors (Lipinski definition) is 2. The fourth-order valence-electron chi connectivity index (χ4n) is 1.44. The van der Waals surface area contributed by atoms with E-state index in [9.17, 15) is 5.11 Å². The van der Waals surface area contributed by atoms with E-state index in [4.69, 9.17) is 23.2 Å². The predicted molar refractivity (Wildman–Crippen MR) is 64.7 cm³/mol. The highest BCUT2D eigenvalue weighted by Crippen LogP contribution is 2.21. The summed E-state index contributed by atoms with van der Waals surface area (Å²) in [7, 11) is 3.84. The molecule has 84 valence electrons. The molecule has 1 aromatic carbocycles. The Labute approximate surface area is 100 Å². The van der Waals surface area contributed by atoms with Gasteiger partial charge >= 0.3 is 0 Å². The van der Waals surface area contributed by atoms with Crippen LogP contribution in [0.3, 0.4) is 0 Å². The molecule has 4 heteroatoms. The minimum Gasteiger partial charge on any atom is -0.391 e. The molecule has 0 radical (unpaired) electrons. The maximum Gasteiger partial charge on any atom is 0.0707 e. The Morgan fingerprint density at radius 2 is 2.00 bits per heavy atom. The van der Waals surface area contributed by atoms with Crippen LogP contribution in [0.1, 0.15) is 5.56 Å². The van der Waals surface area contributed by atoms with Crippen LogP contribution in [0, 0.1) is 0 Å². The van der Waals surface area contributed by atoms with Gasteiger partial charge in [-0.3, -0.25) is 0 Å². The van der Waals surface area contributed by atoms with Crippen molar-refractivity contribution in [2.45, 2.75) is 12.5 Å². The van der Waals surface area contributed by atoms with Crippen molar-refractivity contribution in [2.24, 2.45) is 0 Å². The lowest BCUT2D eigenvalue weighted by Gasteiger charge is -2.16. The summed E-state index contributed by atoms with van der Waals surface area (Å²) in [6, 6.07) is 5.29. The number of nitrogens with zero attached hydrogens (tertiary/aromatic N) is 1. The minimum absolute atomic E-state index is 0.420. The van der Waals surface area contributed by atoms with E-state index in [1.54, 1.807) is 18.2 Å². The van der Waals surface area contributed by atoms with Gasteiger partial charge in [-0.2, -0.15) is 0 Å². The second-order valence-corrected chi connectivity index (χ2v) is 4.70. The van der Waals surface area contributed by atoms with Gasteiger partial charge in [-0.1, -0.05) is 23.2 Å². The third-order valence-electron chi connectivity index (χ3n) is 2.04. The van der Waals surface area contributed by atoms with E-state index >= 15 is 0 Å². The van der Waals surface area contributed by atoms with Crippen molar-refractivity contribution in [1.82, 2.24) is 4.90 Å². The SMILES string of the molecule is CN(C)CC(O)Cc1cc(Cl)ccc1Cl. The molecule has 0 heterocycles. The van der Waals surface area contributed by atoms with Crippen LogP contribution in [0.15, 0.2) is 18.2 Å². The molecule has 1 N–H and O–H groups in total. The first-order valence-electron chi connectivity index (χ1n) is 4.75. The van der Waals surface area contributed by atoms with Gasteiger partial charge in [0.1, 0.15) is 0 Å². The van der Waals surface area contributed by atoms with Crippen LogP contribution in [0.5, 0.6) is 0 Å². The summed E-state index contributed by atoms with van der Waals surface area (Å²) in [5.74, 6) is 0. The Kier molecular flexibility index (Phi) is 4.87. The van der Waals surface area contributed by atoms with Gasteiger partial charge in [-0.05, 0) is 37.9 Å². The topological polar surface area (TPSA) is 23.5 Å². The molecular weight excluding hydrogens is 233 g/mol. The zero-order chi connectivity index (χ0) is 11.4. The Hall–Kier alpha value is -0.280. The van der Waals surface area contributed by atoms with Gasteiger partial charge < -0.3 is 10.0 Å². The molecule has 0 amide bonds. The summed E-state index contributed by atoms with van der Waals surface area (Å²) >= 11 is 11.8. The Morgan fingerprint density at radius 3 is 2.60 bits per heavy atom. The molecular formula is C11H15Cl2NO. The maximum absolute atomic E-state index is 9.74. The van der Waals surface area contributed by atoms with E-state index in [1.165, 1.54) is 0 Å². The average molecular weight is 248 g/mol. The average Bonchev–Trinajstić information content (AvgIpc) is 2.10. The van der Waals surface area contributed by atoms with Gasteiger partial charge in [-0.25, -0.2) is 0 Å². The third-order valence-corrected chi connectivity index (χ3v) is 2.64. The van der Waals surface area contributed by atoms with E-state index in [-0.39, 0.29) is 0 Å². The molecule has 0 bridgehead atoms. The predicted octanol–water partition coefficient (Wildman–Crippen LogP) is 2.46. The first kappa shape index (κ1) is 12.8. The number of aliphatic hydroxyl groups excluding tert-OH is 1. The summed E-state index contributed by atoms with van der Waals surface area (Å²) in [6.07, 6.45) is 0.105. The fourth-order valence-corrected chi connectivity index (χ4v) is 1.83. The Morgan fingerprint density at radius 1 is 1.33 bits per heavy atom. The third kappa shape index (κ3) is 4.39. The second-order valence-electron chi connectivity index (χ2n) is 3.86. The molecule has 0 fully saturated rings. The molecule has 0 saturated heterocycles. The van der Waals surface area contributed by atoms with Crippen molar-refractivity contribution in [3.8, 4) is 0 Å². The Balaban J connectivity index is 2.67. The van der Waals surface area contributed by atoms with Crippen LogP contribution in [0.25, 0.3) is 0 Å². The van der Waals surface area contributed by atoms with Gasteiger partial charge in [0.15, 0.2) is 0 Å². The largest absolute Gasteiger partial charge is 0.391 e. The van der Waals surface area contributed by atoms with E-state index in [1.807, 2.05) is 19.0 Å². The molecule has 15 heavy (non-hydrogen) atoms. The molecule has 0 saturated carbocycles. The maximum atomic E-state index is 9.74. The second kappa shape index (κ2) is 5.71. The molecule has 0 aromatic heterocycles. The molecule has 0 aliphatic rings. The molecule has 1 aromatic rings. The van der Waals surface area contributed by atoms with Crippen molar-refractivity contribution in [3.05, 3.63) is 33.8 Å². The van der Waals surface area contributed by atoms with Gasteiger partial charge in [0.05, 0.1) is 6.10 Å². The lowest BCUT2D eigenvalue weighted by atomic mass is 10.1. The van der Waals surface area contributed by atoms with Crippen molar-refractivity contribution in [2.75, 3.05) is 20.6 Å². The molecule has 2 nitrogen and oxygen atoms in total. The van der Waals surface area contributed by atoms with Crippen LogP contribution in [-0.4, -0.2) is 36.8 Å². The quantitative estimate of drug-likeness (QED) is 0.884. The fraction of sp³-hybridized carbons (Fsp3) is 0.455. The molecule has 0 aliphatic carbocycles. The van der Waals surface area contributed by atoms with Crippen LogP contribution < -0.4 is 0 Å². The van der Waals surface area contributed by atoms with E-state index in [0.29, 0.717) is 23.0 Å². The monoisotopic (exact) mass is 247 g/mol. The number of halogens is 2. The summed E-state index contributed by atoms with van der Waals surface area (Å²) in [4.78, 5) is 1.93. The lowest BCUT2D eigenvalue weighted by Crippen LogP contribution is -2.27. The van der Waals surface area contributed by atoms with Crippen LogP contribution in [-0.2, 0) is 6.42 Å². The summed E-state index contributed by atoms with van der Waals surface area (Å²) in [5.41, 5.74) is 0.888. The molecule has 1 atom stereocenters. The smallest absolute Gasteiger partial charge is 0.0707 e. The van der Waals surface area contributed by atoms with Crippen molar-refractivity contribution in [1.29, 1.82) is 0 Å². The highest BCUT2D eigenvalue weighted by Gasteiger charge is 2.09. The van der Waals surface area contributed by atoms with Gasteiger partial charge in [-0.15, -0.1) is 0 Å². The van der Waals surface area contributed by atoms with Crippen LogP contribution in [0.4, 0.5) is 0 Å². The highest BCUT2D eigenvalue weighted by atomic mass is 35.5. The summed E-state index contributed by atoms with van der Waals surface area (Å²) < 4.78 is 0. The number of rotatable bonds is 4. The van der Waals surface area contributed by atoms with Crippen LogP contribution >= 0.6 is 23.2 Å². The normalized spacial score (nSPS) is 13.2. The molecule has 0 spiro atoms. The van der Waals surface area contributed by atoms with Gasteiger partial charge in [0.25, 0.3) is 0 Å². The number of benzene rings is 1. The summed E-state index contributed by atoms with van der Waals surface area (Å²) in [5, 5.41) is 11.0.